The average Bonchev–Trinajstić information content (AvgIpc) is 3.28. The van der Waals surface area contributed by atoms with Crippen LogP contribution in [0.1, 0.15) is 5.56 Å². The van der Waals surface area contributed by atoms with Gasteiger partial charge in [-0.05, 0) is 35.9 Å². The number of amides is 3. The van der Waals surface area contributed by atoms with Gasteiger partial charge in [-0.15, -0.1) is 0 Å². The molecule has 0 radical (unpaired) electrons. The van der Waals surface area contributed by atoms with Crippen LogP contribution >= 0.6 is 27.4 Å². The average molecular weight is 619 g/mol. The largest absolute Gasteiger partial charge is 0.442 e. The number of nitrogens with zero attached hydrogens (tertiary/aromatic N) is 2. The van der Waals surface area contributed by atoms with Crippen molar-refractivity contribution >= 4 is 56.6 Å². The molecular formula is C23H29FN4O9P2S. The third-order valence-corrected chi connectivity index (χ3v) is 10.8. The summed E-state index contributed by atoms with van der Waals surface area (Å²) in [6.07, 6.45) is -2.12. The molecule has 2 heterocycles. The van der Waals surface area contributed by atoms with Gasteiger partial charge in [-0.25, -0.2) is 14.0 Å². The van der Waals surface area contributed by atoms with Gasteiger partial charge in [0, 0.05) is 36.7 Å². The van der Waals surface area contributed by atoms with E-state index in [4.69, 9.17) is 4.74 Å². The van der Waals surface area contributed by atoms with E-state index in [0.29, 0.717) is 11.4 Å². The van der Waals surface area contributed by atoms with Gasteiger partial charge >= 0.3 is 19.7 Å². The molecule has 2 unspecified atom stereocenters. The Morgan fingerprint density at radius 2 is 1.88 bits per heavy atom. The second kappa shape index (κ2) is 12.5. The summed E-state index contributed by atoms with van der Waals surface area (Å²) in [6, 6.07) is 9.38. The molecule has 0 saturated carbocycles. The van der Waals surface area contributed by atoms with Gasteiger partial charge in [0.05, 0.1) is 24.5 Å². The number of benzene rings is 2. The Morgan fingerprint density at radius 1 is 1.20 bits per heavy atom. The molecule has 0 spiro atoms. The summed E-state index contributed by atoms with van der Waals surface area (Å²) in [5, 5.41) is 12.0. The van der Waals surface area contributed by atoms with Crippen LogP contribution in [-0.4, -0.2) is 80.8 Å². The number of rotatable bonds is 9. The van der Waals surface area contributed by atoms with Crippen molar-refractivity contribution in [3.05, 3.63) is 53.8 Å². The zero-order chi connectivity index (χ0) is 29.1. The van der Waals surface area contributed by atoms with Crippen LogP contribution in [-0.2, 0) is 20.3 Å². The lowest BCUT2D eigenvalue weighted by Crippen LogP contribution is -2.37. The van der Waals surface area contributed by atoms with E-state index in [1.807, 2.05) is 16.7 Å². The lowest BCUT2D eigenvalue weighted by atomic mass is 10.1. The molecule has 0 aliphatic carbocycles. The molecule has 218 valence electrons. The second-order valence-corrected chi connectivity index (χ2v) is 14.1. The van der Waals surface area contributed by atoms with E-state index in [1.54, 1.807) is 12.1 Å². The number of carbonyl (C=O) groups excluding carboxylic acids is 2. The fourth-order valence-electron chi connectivity index (χ4n) is 4.24. The summed E-state index contributed by atoms with van der Waals surface area (Å²) in [7, 11) is -9.31. The number of thioether (sulfide) groups is 1. The summed E-state index contributed by atoms with van der Waals surface area (Å²) in [5.74, 6) is 1.41. The molecule has 40 heavy (non-hydrogen) atoms. The number of hydrogen-bond donors (Lipinski definition) is 6. The van der Waals surface area contributed by atoms with Crippen LogP contribution in [0.15, 0.2) is 42.5 Å². The first kappa shape index (κ1) is 30.3. The highest BCUT2D eigenvalue weighted by atomic mass is 32.2. The normalized spacial score (nSPS) is 20.0. The van der Waals surface area contributed by atoms with E-state index in [9.17, 15) is 42.9 Å². The van der Waals surface area contributed by atoms with E-state index >= 15 is 0 Å². The van der Waals surface area contributed by atoms with Crippen molar-refractivity contribution in [2.45, 2.75) is 17.6 Å². The fraction of sp³-hybridized carbons (Fsp3) is 0.391. The minimum Gasteiger partial charge on any atom is -0.442 e. The van der Waals surface area contributed by atoms with E-state index in [1.165, 1.54) is 35.2 Å². The van der Waals surface area contributed by atoms with Gasteiger partial charge in [-0.1, -0.05) is 12.1 Å². The zero-order valence-corrected chi connectivity index (χ0v) is 23.7. The second-order valence-electron chi connectivity index (χ2n) is 9.23. The lowest BCUT2D eigenvalue weighted by Gasteiger charge is -2.29. The Bertz CT molecular complexity index is 1330. The van der Waals surface area contributed by atoms with Crippen molar-refractivity contribution < 1.29 is 47.6 Å². The number of aliphatic hydroxyl groups is 1. The molecule has 2 aromatic rings. The Kier molecular flexibility index (Phi) is 9.46. The van der Waals surface area contributed by atoms with Crippen molar-refractivity contribution in [2.75, 3.05) is 52.8 Å². The molecule has 2 saturated heterocycles. The molecule has 3 atom stereocenters. The van der Waals surface area contributed by atoms with Crippen LogP contribution in [0.4, 0.5) is 31.0 Å². The number of urea groups is 1. The van der Waals surface area contributed by atoms with E-state index in [-0.39, 0.29) is 24.3 Å². The summed E-state index contributed by atoms with van der Waals surface area (Å²) in [6.45, 7) is 1.57. The number of nitrogens with one attached hydrogen (secondary N) is 2. The van der Waals surface area contributed by atoms with Crippen LogP contribution in [0.25, 0.3) is 0 Å². The van der Waals surface area contributed by atoms with Gasteiger partial charge in [0.25, 0.3) is 0 Å². The van der Waals surface area contributed by atoms with Gasteiger partial charge in [-0.2, -0.15) is 11.8 Å². The summed E-state index contributed by atoms with van der Waals surface area (Å²) in [5.41, 5.74) is 1.27. The predicted molar refractivity (Wildman–Crippen MR) is 149 cm³/mol. The van der Waals surface area contributed by atoms with Crippen LogP contribution < -0.4 is 20.4 Å². The molecule has 13 nitrogen and oxygen atoms in total. The van der Waals surface area contributed by atoms with Crippen LogP contribution in [0, 0.1) is 5.82 Å². The maximum absolute atomic E-state index is 14.8. The summed E-state index contributed by atoms with van der Waals surface area (Å²) < 4.78 is 43.0. The van der Waals surface area contributed by atoms with Crippen molar-refractivity contribution in [1.29, 1.82) is 0 Å². The molecular weight excluding hydrogens is 589 g/mol. The van der Waals surface area contributed by atoms with Gasteiger partial charge < -0.3 is 40.1 Å². The number of cyclic esters (lactones) is 1. The Labute approximate surface area is 233 Å². The Morgan fingerprint density at radius 3 is 2.48 bits per heavy atom. The molecule has 0 bridgehead atoms. The third kappa shape index (κ3) is 6.98. The number of anilines is 3. The first-order chi connectivity index (χ1) is 18.9. The monoisotopic (exact) mass is 618 g/mol. The highest BCUT2D eigenvalue weighted by Gasteiger charge is 2.50. The van der Waals surface area contributed by atoms with Crippen LogP contribution in [0.3, 0.4) is 0 Å². The van der Waals surface area contributed by atoms with Gasteiger partial charge in [-0.3, -0.25) is 14.0 Å². The summed E-state index contributed by atoms with van der Waals surface area (Å²) in [4.78, 5) is 55.8. The van der Waals surface area contributed by atoms with Gasteiger partial charge in [0.1, 0.15) is 11.9 Å². The smallest absolute Gasteiger partial charge is 0.414 e. The third-order valence-electron chi connectivity index (χ3n) is 6.45. The minimum absolute atomic E-state index is 0.0295. The SMILES string of the molecule is O=C(NC[C@H]1CN(c2ccc(N3CCSCC3)c(F)c2)C(=O)O1)Nc1ccc(CC(O)([PH](=O)O)P(=O)(O)O)cc1. The maximum atomic E-state index is 14.8. The Hall–Kier alpha value is -2.64. The van der Waals surface area contributed by atoms with Crippen LogP contribution in [0.2, 0.25) is 0 Å². The van der Waals surface area contributed by atoms with E-state index in [2.05, 4.69) is 10.6 Å². The topological polar surface area (TPSA) is 189 Å². The molecule has 2 fully saturated rings. The molecule has 17 heteroatoms. The number of ether oxygens (including phenoxy) is 1. The van der Waals surface area contributed by atoms with Gasteiger partial charge in [0.2, 0.25) is 13.1 Å². The lowest BCUT2D eigenvalue weighted by molar-refractivity contribution is 0.141. The standard InChI is InChI=1S/C23H29FN4O9P2S/c24-19-11-17(5-6-20(19)27-7-9-40-10-8-27)28-14-18(37-22(28)30)13-25-21(29)26-16-3-1-15(2-4-16)12-23(31,38(32)33)39(34,35)36/h1-6,11,18,31,38H,7-10,12-14H2,(H,32,33)(H2,25,26,29)(H2,34,35,36)/t18-,23?/m0/s1. The molecule has 2 aliphatic rings. The van der Waals surface area contributed by atoms with Crippen molar-refractivity contribution in [1.82, 2.24) is 5.32 Å². The van der Waals surface area contributed by atoms with E-state index in [0.717, 1.165) is 24.6 Å². The fourth-order valence-corrected chi connectivity index (χ4v) is 6.88. The maximum Gasteiger partial charge on any atom is 0.414 e. The predicted octanol–water partition coefficient (Wildman–Crippen LogP) is 2.36. The first-order valence-electron chi connectivity index (χ1n) is 12.1. The molecule has 4 rings (SSSR count). The molecule has 2 aliphatic heterocycles. The van der Waals surface area contributed by atoms with Crippen molar-refractivity contribution in [3.8, 4) is 0 Å². The molecule has 0 aromatic heterocycles. The minimum atomic E-state index is -5.30. The molecule has 3 amide bonds. The molecule has 6 N–H and O–H groups in total. The number of halogens is 1. The quantitative estimate of drug-likeness (QED) is 0.226. The highest BCUT2D eigenvalue weighted by molar-refractivity contribution is 7.99. The van der Waals surface area contributed by atoms with Gasteiger partial charge in [0.15, 0.2) is 0 Å². The summed E-state index contributed by atoms with van der Waals surface area (Å²) >= 11 is 1.82. The van der Waals surface area contributed by atoms with Crippen LogP contribution in [0.5, 0.6) is 0 Å². The first-order valence-corrected chi connectivity index (χ1v) is 16.3. The number of hydrogen-bond acceptors (Lipinski definition) is 8. The Balaban J connectivity index is 1.28. The van der Waals surface area contributed by atoms with Crippen molar-refractivity contribution in [2.24, 2.45) is 0 Å². The molecule has 2 aromatic carbocycles. The van der Waals surface area contributed by atoms with Crippen molar-refractivity contribution in [3.63, 3.8) is 0 Å². The van der Waals surface area contributed by atoms with E-state index < -0.39 is 51.2 Å². The highest BCUT2D eigenvalue weighted by Crippen LogP contribution is 2.61. The zero-order valence-electron chi connectivity index (χ0n) is 21.0. The number of carbonyl (C=O) groups is 2.